The van der Waals surface area contributed by atoms with Crippen LogP contribution in [0.5, 0.6) is 0 Å². The van der Waals surface area contributed by atoms with Crippen LogP contribution in [-0.4, -0.2) is 50.4 Å². The molecule has 7 nitrogen and oxygen atoms in total. The van der Waals surface area contributed by atoms with Gasteiger partial charge in [-0.05, 0) is 82.2 Å². The average molecular weight is 496 g/mol. The summed E-state index contributed by atoms with van der Waals surface area (Å²) in [5.41, 5.74) is 1.64. The van der Waals surface area contributed by atoms with E-state index >= 15 is 0 Å². The fraction of sp³-hybridized carbons (Fsp3) is 0.407. The van der Waals surface area contributed by atoms with Crippen LogP contribution in [0.4, 0.5) is 0 Å². The van der Waals surface area contributed by atoms with Crippen molar-refractivity contribution in [2.45, 2.75) is 49.7 Å². The normalized spacial score (nSPS) is 15.0. The van der Waals surface area contributed by atoms with E-state index in [1.807, 2.05) is 0 Å². The van der Waals surface area contributed by atoms with Crippen LogP contribution in [0, 0.1) is 6.92 Å². The lowest BCUT2D eigenvalue weighted by molar-refractivity contribution is 0.0951. The monoisotopic (exact) mass is 495 g/mol. The second-order valence-electron chi connectivity index (χ2n) is 9.04. The number of oxazole rings is 1. The highest BCUT2D eigenvalue weighted by molar-refractivity contribution is 7.90. The van der Waals surface area contributed by atoms with Crippen molar-refractivity contribution in [2.24, 2.45) is 0 Å². The summed E-state index contributed by atoms with van der Waals surface area (Å²) < 4.78 is 31.2. The summed E-state index contributed by atoms with van der Waals surface area (Å²) in [5, 5.41) is 3.00. The van der Waals surface area contributed by atoms with E-state index in [1.165, 1.54) is 25.7 Å². The zero-order chi connectivity index (χ0) is 24.7. The molecule has 0 saturated carbocycles. The zero-order valence-electron chi connectivity index (χ0n) is 20.2. The molecule has 4 rings (SSSR count). The molecule has 186 valence electrons. The van der Waals surface area contributed by atoms with Crippen molar-refractivity contribution in [1.29, 1.82) is 0 Å². The van der Waals surface area contributed by atoms with Crippen LogP contribution in [0.3, 0.4) is 0 Å². The van der Waals surface area contributed by atoms with Gasteiger partial charge in [0.2, 0.25) is 5.89 Å². The summed E-state index contributed by atoms with van der Waals surface area (Å²) in [6.07, 6.45) is 6.13. The molecule has 35 heavy (non-hydrogen) atoms. The van der Waals surface area contributed by atoms with Crippen molar-refractivity contribution < 1.29 is 17.6 Å². The van der Waals surface area contributed by atoms with Gasteiger partial charge in [0.05, 0.1) is 10.6 Å². The number of aromatic nitrogens is 1. The maximum absolute atomic E-state index is 12.7. The highest BCUT2D eigenvalue weighted by atomic mass is 32.2. The van der Waals surface area contributed by atoms with Crippen LogP contribution in [0.1, 0.15) is 53.9 Å². The van der Waals surface area contributed by atoms with Crippen molar-refractivity contribution in [3.63, 3.8) is 0 Å². The number of aryl methyl sites for hydroxylation is 1. The Morgan fingerprint density at radius 3 is 2.37 bits per heavy atom. The van der Waals surface area contributed by atoms with Gasteiger partial charge in [-0.15, -0.1) is 0 Å². The molecule has 1 aliphatic rings. The van der Waals surface area contributed by atoms with Crippen molar-refractivity contribution in [1.82, 2.24) is 15.2 Å². The number of amides is 1. The van der Waals surface area contributed by atoms with Gasteiger partial charge in [-0.25, -0.2) is 13.4 Å². The zero-order valence-corrected chi connectivity index (χ0v) is 21.0. The first-order valence-electron chi connectivity index (χ1n) is 12.3. The van der Waals surface area contributed by atoms with Crippen LogP contribution in [0.2, 0.25) is 0 Å². The lowest BCUT2D eigenvalue weighted by Gasteiger charge is -2.19. The number of hydrogen-bond acceptors (Lipinski definition) is 6. The van der Waals surface area contributed by atoms with E-state index in [0.717, 1.165) is 26.1 Å². The van der Waals surface area contributed by atoms with Crippen LogP contribution in [0.15, 0.2) is 63.9 Å². The molecular weight excluding hydrogens is 462 g/mol. The average Bonchev–Trinajstić information content (AvgIpc) is 3.05. The third kappa shape index (κ3) is 6.80. The van der Waals surface area contributed by atoms with E-state index in [0.29, 0.717) is 35.0 Å². The predicted octanol–water partition coefficient (Wildman–Crippen LogP) is 4.62. The molecule has 0 radical (unpaired) electrons. The van der Waals surface area contributed by atoms with Crippen LogP contribution in [-0.2, 0) is 15.6 Å². The first-order chi connectivity index (χ1) is 16.9. The molecule has 0 bridgehead atoms. The summed E-state index contributed by atoms with van der Waals surface area (Å²) in [4.78, 5) is 19.7. The molecule has 0 unspecified atom stereocenters. The number of likely N-dealkylation sites (tertiary alicyclic amines) is 1. The first-order valence-corrected chi connectivity index (χ1v) is 13.9. The Morgan fingerprint density at radius 1 is 1.00 bits per heavy atom. The van der Waals surface area contributed by atoms with Crippen LogP contribution >= 0.6 is 0 Å². The number of sulfone groups is 1. The van der Waals surface area contributed by atoms with Gasteiger partial charge < -0.3 is 14.6 Å². The molecule has 8 heteroatoms. The summed E-state index contributed by atoms with van der Waals surface area (Å²) in [6.45, 7) is 5.70. The van der Waals surface area contributed by atoms with E-state index in [4.69, 9.17) is 4.42 Å². The number of nitrogens with zero attached hydrogens (tertiary/aromatic N) is 2. The van der Waals surface area contributed by atoms with E-state index in [9.17, 15) is 13.2 Å². The smallest absolute Gasteiger partial charge is 0.251 e. The second-order valence-corrected chi connectivity index (χ2v) is 11.0. The highest BCUT2D eigenvalue weighted by Crippen LogP contribution is 2.25. The standard InChI is InChI=1S/C27H33N3O4S/c1-21-25(20-35(32,33)24-10-5-4-6-11-24)29-27(34-21)23-14-12-22(13-15-23)26(31)28-16-9-19-30-17-7-2-3-8-18-30/h4-6,10-15H,2-3,7-9,16-20H2,1H3,(H,28,31). The van der Waals surface area contributed by atoms with Crippen LogP contribution in [0.25, 0.3) is 11.5 Å². The summed E-state index contributed by atoms with van der Waals surface area (Å²) in [7, 11) is -3.52. The minimum Gasteiger partial charge on any atom is -0.441 e. The third-order valence-electron chi connectivity index (χ3n) is 6.35. The number of nitrogens with one attached hydrogen (secondary N) is 1. The van der Waals surface area contributed by atoms with E-state index < -0.39 is 9.84 Å². The fourth-order valence-corrected chi connectivity index (χ4v) is 5.67. The first kappa shape index (κ1) is 25.1. The molecule has 1 saturated heterocycles. The molecule has 0 atom stereocenters. The topological polar surface area (TPSA) is 92.5 Å². The maximum Gasteiger partial charge on any atom is 0.251 e. The van der Waals surface area contributed by atoms with Crippen LogP contribution < -0.4 is 5.32 Å². The number of carbonyl (C=O) groups excluding carboxylic acids is 1. The Labute approximate surface area is 207 Å². The number of carbonyl (C=O) groups is 1. The quantitative estimate of drug-likeness (QED) is 0.436. The van der Waals surface area contributed by atoms with E-state index in [2.05, 4.69) is 15.2 Å². The molecule has 1 N–H and O–H groups in total. The molecule has 1 fully saturated rings. The molecule has 0 aliphatic carbocycles. The molecule has 1 aliphatic heterocycles. The van der Waals surface area contributed by atoms with Gasteiger partial charge in [0.25, 0.3) is 5.91 Å². The Kier molecular flexibility index (Phi) is 8.36. The number of benzene rings is 2. The van der Waals surface area contributed by atoms with Crippen molar-refractivity contribution >= 4 is 15.7 Å². The molecule has 3 aromatic rings. The van der Waals surface area contributed by atoms with Crippen molar-refractivity contribution in [2.75, 3.05) is 26.2 Å². The maximum atomic E-state index is 12.7. The van der Waals surface area contributed by atoms with E-state index in [1.54, 1.807) is 61.5 Å². The van der Waals surface area contributed by atoms with Gasteiger partial charge >= 0.3 is 0 Å². The van der Waals surface area contributed by atoms with Gasteiger partial charge in [0.15, 0.2) is 9.84 Å². The largest absolute Gasteiger partial charge is 0.441 e. The minimum absolute atomic E-state index is 0.106. The lowest BCUT2D eigenvalue weighted by Crippen LogP contribution is -2.30. The Bertz CT molecular complexity index is 1210. The van der Waals surface area contributed by atoms with Crippen molar-refractivity contribution in [3.8, 4) is 11.5 Å². The van der Waals surface area contributed by atoms with Gasteiger partial charge in [-0.1, -0.05) is 31.0 Å². The third-order valence-corrected chi connectivity index (χ3v) is 7.99. The molecule has 1 aromatic heterocycles. The number of rotatable bonds is 9. The van der Waals surface area contributed by atoms with Gasteiger partial charge in [-0.2, -0.15) is 0 Å². The summed E-state index contributed by atoms with van der Waals surface area (Å²) in [5.74, 6) is 0.464. The molecule has 0 spiro atoms. The lowest BCUT2D eigenvalue weighted by atomic mass is 10.1. The molecule has 1 amide bonds. The highest BCUT2D eigenvalue weighted by Gasteiger charge is 2.21. The molecule has 2 heterocycles. The van der Waals surface area contributed by atoms with Gasteiger partial charge in [0, 0.05) is 17.7 Å². The Hall–Kier alpha value is -2.97. The number of hydrogen-bond donors (Lipinski definition) is 1. The second kappa shape index (κ2) is 11.6. The molecule has 2 aromatic carbocycles. The fourth-order valence-electron chi connectivity index (χ4n) is 4.31. The van der Waals surface area contributed by atoms with Crippen molar-refractivity contribution in [3.05, 3.63) is 71.6 Å². The Balaban J connectivity index is 1.32. The SMILES string of the molecule is Cc1oc(-c2ccc(C(=O)NCCCN3CCCCCC3)cc2)nc1CS(=O)(=O)c1ccccc1. The summed E-state index contributed by atoms with van der Waals surface area (Å²) in [6, 6.07) is 15.3. The van der Waals surface area contributed by atoms with Gasteiger partial charge in [0.1, 0.15) is 11.5 Å². The minimum atomic E-state index is -3.52. The van der Waals surface area contributed by atoms with E-state index in [-0.39, 0.29) is 16.6 Å². The molecular formula is C27H33N3O4S. The Morgan fingerprint density at radius 2 is 1.69 bits per heavy atom. The predicted molar refractivity (Wildman–Crippen MR) is 136 cm³/mol. The van der Waals surface area contributed by atoms with Gasteiger partial charge in [-0.3, -0.25) is 4.79 Å². The summed E-state index contributed by atoms with van der Waals surface area (Å²) >= 11 is 0.